The molecule has 1 saturated heterocycles. The molecule has 148 valence electrons. The van der Waals surface area contributed by atoms with Crippen LogP contribution in [-0.4, -0.2) is 45.3 Å². The Labute approximate surface area is 164 Å². The number of nitrogens with zero attached hydrogens (tertiary/aromatic N) is 1. The number of aryl methyl sites for hydroxylation is 1. The van der Waals surface area contributed by atoms with Crippen molar-refractivity contribution in [3.63, 3.8) is 0 Å². The van der Waals surface area contributed by atoms with Crippen molar-refractivity contribution in [3.8, 4) is 11.8 Å². The van der Waals surface area contributed by atoms with Gasteiger partial charge in [0.25, 0.3) is 0 Å². The molecule has 1 aliphatic rings. The van der Waals surface area contributed by atoms with Crippen LogP contribution in [0.15, 0.2) is 36.4 Å². The number of nitriles is 1. The van der Waals surface area contributed by atoms with Crippen molar-refractivity contribution in [3.05, 3.63) is 64.2 Å². The Kier molecular flexibility index (Phi) is 6.32. The molecule has 0 radical (unpaired) electrons. The van der Waals surface area contributed by atoms with Crippen LogP contribution in [-0.2, 0) is 17.6 Å². The number of ether oxygens (including phenoxy) is 1. The van der Waals surface area contributed by atoms with Crippen molar-refractivity contribution in [2.24, 2.45) is 0 Å². The Hall–Kier alpha value is -2.43. The number of aliphatic hydroxyl groups excluding tert-OH is 3. The molecular weight excluding hydrogens is 358 g/mol. The number of rotatable bonds is 5. The highest BCUT2D eigenvalue weighted by molar-refractivity contribution is 5.50. The first-order chi connectivity index (χ1) is 13.5. The quantitative estimate of drug-likeness (QED) is 0.628. The molecule has 3 rings (SSSR count). The van der Waals surface area contributed by atoms with Gasteiger partial charge in [0.2, 0.25) is 0 Å². The molecule has 1 heterocycles. The van der Waals surface area contributed by atoms with E-state index >= 15 is 0 Å². The van der Waals surface area contributed by atoms with E-state index in [2.05, 4.69) is 25.1 Å². The number of aliphatic hydroxyl groups is 3. The summed E-state index contributed by atoms with van der Waals surface area (Å²) < 4.78 is 5.69. The Morgan fingerprint density at radius 2 is 1.82 bits per heavy atom. The highest BCUT2D eigenvalue weighted by atomic mass is 16.5. The summed E-state index contributed by atoms with van der Waals surface area (Å²) in [6.07, 6.45) is -2.33. The van der Waals surface area contributed by atoms with Gasteiger partial charge in [-0.1, -0.05) is 31.2 Å². The van der Waals surface area contributed by atoms with E-state index in [1.807, 2.05) is 12.1 Å². The lowest BCUT2D eigenvalue weighted by Gasteiger charge is -2.36. The highest BCUT2D eigenvalue weighted by Crippen LogP contribution is 2.38. The standard InChI is InChI=1S/C22H25NO5/c1-2-13-3-5-14(6-4-13)7-15-8-17(18(25)9-16(15)11-23)20-10-19(26)22(27)21(12-24)28-20/h3-6,8-9,19-22,24-27H,2,7,10,12H2,1H3/t19-,20-,21-,22+/m1/s1. The fourth-order valence-electron chi connectivity index (χ4n) is 3.58. The van der Waals surface area contributed by atoms with E-state index in [0.29, 0.717) is 17.5 Å². The van der Waals surface area contributed by atoms with E-state index in [0.717, 1.165) is 17.5 Å². The summed E-state index contributed by atoms with van der Waals surface area (Å²) in [5.74, 6) is -0.105. The largest absolute Gasteiger partial charge is 0.508 e. The molecular formula is C22H25NO5. The first kappa shape index (κ1) is 20.3. The molecule has 0 unspecified atom stereocenters. The van der Waals surface area contributed by atoms with Crippen molar-refractivity contribution in [1.29, 1.82) is 5.26 Å². The topological polar surface area (TPSA) is 114 Å². The van der Waals surface area contributed by atoms with Crippen LogP contribution in [0.5, 0.6) is 5.75 Å². The van der Waals surface area contributed by atoms with Crippen LogP contribution in [0.4, 0.5) is 0 Å². The zero-order valence-electron chi connectivity index (χ0n) is 15.7. The summed E-state index contributed by atoms with van der Waals surface area (Å²) in [6, 6.07) is 13.4. The second kappa shape index (κ2) is 8.72. The predicted molar refractivity (Wildman–Crippen MR) is 103 cm³/mol. The maximum absolute atomic E-state index is 10.4. The van der Waals surface area contributed by atoms with Gasteiger partial charge in [0.15, 0.2) is 0 Å². The molecule has 28 heavy (non-hydrogen) atoms. The fourth-order valence-corrected chi connectivity index (χ4v) is 3.58. The van der Waals surface area contributed by atoms with Gasteiger partial charge in [0.1, 0.15) is 18.0 Å². The molecule has 1 aliphatic heterocycles. The number of phenolic OH excluding ortho intramolecular Hbond substituents is 1. The third kappa shape index (κ3) is 4.18. The molecule has 0 aromatic heterocycles. The molecule has 4 N–H and O–H groups in total. The summed E-state index contributed by atoms with van der Waals surface area (Å²) in [6.45, 7) is 1.65. The zero-order valence-corrected chi connectivity index (χ0v) is 15.7. The second-order valence-electron chi connectivity index (χ2n) is 7.17. The average molecular weight is 383 g/mol. The van der Waals surface area contributed by atoms with Gasteiger partial charge in [0.05, 0.1) is 30.4 Å². The molecule has 0 aliphatic carbocycles. The normalized spacial score (nSPS) is 24.7. The third-order valence-electron chi connectivity index (χ3n) is 5.30. The molecule has 2 aromatic carbocycles. The van der Waals surface area contributed by atoms with Gasteiger partial charge in [0, 0.05) is 12.0 Å². The Balaban J connectivity index is 1.92. The van der Waals surface area contributed by atoms with E-state index < -0.39 is 31.0 Å². The van der Waals surface area contributed by atoms with Crippen molar-refractivity contribution in [1.82, 2.24) is 0 Å². The molecule has 0 bridgehead atoms. The number of benzene rings is 2. The van der Waals surface area contributed by atoms with Gasteiger partial charge in [-0.25, -0.2) is 0 Å². The molecule has 6 nitrogen and oxygen atoms in total. The highest BCUT2D eigenvalue weighted by Gasteiger charge is 2.38. The minimum atomic E-state index is -1.18. The summed E-state index contributed by atoms with van der Waals surface area (Å²) in [5.41, 5.74) is 3.82. The predicted octanol–water partition coefficient (Wildman–Crippen LogP) is 1.96. The van der Waals surface area contributed by atoms with E-state index in [4.69, 9.17) is 4.74 Å². The van der Waals surface area contributed by atoms with E-state index in [1.165, 1.54) is 11.6 Å². The summed E-state index contributed by atoms with van der Waals surface area (Å²) in [5, 5.41) is 49.2. The Morgan fingerprint density at radius 1 is 1.14 bits per heavy atom. The molecule has 2 aromatic rings. The van der Waals surface area contributed by atoms with E-state index in [-0.39, 0.29) is 12.2 Å². The van der Waals surface area contributed by atoms with Crippen LogP contribution < -0.4 is 0 Å². The summed E-state index contributed by atoms with van der Waals surface area (Å²) in [4.78, 5) is 0. The molecule has 0 spiro atoms. The van der Waals surface area contributed by atoms with Gasteiger partial charge in [-0.05, 0) is 41.7 Å². The van der Waals surface area contributed by atoms with Crippen molar-refractivity contribution < 1.29 is 25.2 Å². The van der Waals surface area contributed by atoms with Crippen LogP contribution in [0.3, 0.4) is 0 Å². The lowest BCUT2D eigenvalue weighted by Crippen LogP contribution is -2.47. The average Bonchev–Trinajstić information content (AvgIpc) is 2.71. The van der Waals surface area contributed by atoms with Crippen LogP contribution >= 0.6 is 0 Å². The number of aromatic hydroxyl groups is 1. The molecule has 4 atom stereocenters. The van der Waals surface area contributed by atoms with Crippen molar-refractivity contribution in [2.75, 3.05) is 6.61 Å². The van der Waals surface area contributed by atoms with Gasteiger partial charge in [-0.3, -0.25) is 0 Å². The summed E-state index contributed by atoms with van der Waals surface area (Å²) in [7, 11) is 0. The first-order valence-corrected chi connectivity index (χ1v) is 9.43. The molecule has 6 heteroatoms. The molecule has 0 amide bonds. The van der Waals surface area contributed by atoms with E-state index in [9.17, 15) is 25.7 Å². The molecule has 1 fully saturated rings. The van der Waals surface area contributed by atoms with Gasteiger partial charge in [-0.2, -0.15) is 5.26 Å². The van der Waals surface area contributed by atoms with Crippen molar-refractivity contribution in [2.45, 2.75) is 50.6 Å². The minimum absolute atomic E-state index is 0.0851. The van der Waals surface area contributed by atoms with Gasteiger partial charge < -0.3 is 25.2 Å². The van der Waals surface area contributed by atoms with Crippen LogP contribution in [0.2, 0.25) is 0 Å². The maximum Gasteiger partial charge on any atom is 0.122 e. The van der Waals surface area contributed by atoms with Gasteiger partial charge in [-0.15, -0.1) is 0 Å². The number of hydrogen-bond acceptors (Lipinski definition) is 6. The lowest BCUT2D eigenvalue weighted by atomic mass is 9.90. The zero-order chi connectivity index (χ0) is 20.3. The minimum Gasteiger partial charge on any atom is -0.508 e. The Bertz CT molecular complexity index is 858. The van der Waals surface area contributed by atoms with Crippen molar-refractivity contribution >= 4 is 0 Å². The Morgan fingerprint density at radius 3 is 2.43 bits per heavy atom. The second-order valence-corrected chi connectivity index (χ2v) is 7.17. The smallest absolute Gasteiger partial charge is 0.122 e. The maximum atomic E-state index is 10.4. The number of phenols is 1. The SMILES string of the molecule is CCc1ccc(Cc2cc([C@H]3C[C@@H](O)[C@H](O)[C@@H](CO)O3)c(O)cc2C#N)cc1. The summed E-state index contributed by atoms with van der Waals surface area (Å²) >= 11 is 0. The van der Waals surface area contributed by atoms with E-state index in [1.54, 1.807) is 6.07 Å². The molecule has 0 saturated carbocycles. The monoisotopic (exact) mass is 383 g/mol. The number of hydrogen-bond donors (Lipinski definition) is 4. The van der Waals surface area contributed by atoms with Crippen LogP contribution in [0, 0.1) is 11.3 Å². The lowest BCUT2D eigenvalue weighted by molar-refractivity contribution is -0.181. The van der Waals surface area contributed by atoms with Gasteiger partial charge >= 0.3 is 0 Å². The first-order valence-electron chi connectivity index (χ1n) is 9.43. The third-order valence-corrected chi connectivity index (χ3v) is 5.30. The van der Waals surface area contributed by atoms with Crippen LogP contribution in [0.1, 0.15) is 47.3 Å². The van der Waals surface area contributed by atoms with Crippen LogP contribution in [0.25, 0.3) is 0 Å². The fraction of sp³-hybridized carbons (Fsp3) is 0.409.